The van der Waals surface area contributed by atoms with Gasteiger partial charge in [-0.1, -0.05) is 24.8 Å². The summed E-state index contributed by atoms with van der Waals surface area (Å²) in [6.07, 6.45) is 1.59. The van der Waals surface area contributed by atoms with Gasteiger partial charge in [0.05, 0.1) is 5.52 Å². The first-order valence-electron chi connectivity index (χ1n) is 5.33. The first-order chi connectivity index (χ1) is 8.02. The quantitative estimate of drug-likeness (QED) is 0.584. The van der Waals surface area contributed by atoms with Gasteiger partial charge < -0.3 is 0 Å². The van der Waals surface area contributed by atoms with Crippen LogP contribution in [0.15, 0.2) is 42.6 Å². The van der Waals surface area contributed by atoms with Crippen LogP contribution in [0.2, 0.25) is 0 Å². The van der Waals surface area contributed by atoms with Gasteiger partial charge in [-0.3, -0.25) is 14.2 Å². The molecule has 17 heavy (non-hydrogen) atoms. The molecule has 0 bridgehead atoms. The third-order valence-corrected chi connectivity index (χ3v) is 2.68. The van der Waals surface area contributed by atoms with Crippen molar-refractivity contribution in [1.82, 2.24) is 4.57 Å². The summed E-state index contributed by atoms with van der Waals surface area (Å²) in [6.45, 7) is 6.79. The Morgan fingerprint density at radius 1 is 1.18 bits per heavy atom. The molecule has 3 nitrogen and oxygen atoms in total. The summed E-state index contributed by atoms with van der Waals surface area (Å²) >= 11 is 0. The van der Waals surface area contributed by atoms with Gasteiger partial charge in [0.25, 0.3) is 5.91 Å². The summed E-state index contributed by atoms with van der Waals surface area (Å²) < 4.78 is 1.48. The summed E-state index contributed by atoms with van der Waals surface area (Å²) in [4.78, 5) is 23.5. The highest BCUT2D eigenvalue weighted by Crippen LogP contribution is 2.22. The Hall–Kier alpha value is -2.16. The second-order valence-corrected chi connectivity index (χ2v) is 4.07. The molecule has 1 aromatic heterocycles. The molecule has 0 N–H and O–H groups in total. The van der Waals surface area contributed by atoms with E-state index < -0.39 is 0 Å². The number of allylic oxidation sites excluding steroid dienone is 1. The van der Waals surface area contributed by atoms with Crippen molar-refractivity contribution in [2.45, 2.75) is 13.8 Å². The van der Waals surface area contributed by atoms with Crippen LogP contribution in [-0.4, -0.2) is 16.3 Å². The Bertz CT molecular complexity index is 635. The molecule has 86 valence electrons. The van der Waals surface area contributed by atoms with E-state index >= 15 is 0 Å². The number of Topliss-reactive ketones (excluding diaryl/α,β-unsaturated/α-hetero) is 1. The molecular formula is C14H13NO2. The van der Waals surface area contributed by atoms with E-state index in [0.717, 1.165) is 10.9 Å². The Kier molecular flexibility index (Phi) is 2.68. The van der Waals surface area contributed by atoms with Crippen LogP contribution in [0.4, 0.5) is 0 Å². The van der Waals surface area contributed by atoms with Crippen LogP contribution in [0, 0.1) is 0 Å². The van der Waals surface area contributed by atoms with E-state index in [2.05, 4.69) is 6.58 Å². The van der Waals surface area contributed by atoms with E-state index in [1.54, 1.807) is 13.1 Å². The maximum absolute atomic E-state index is 11.9. The topological polar surface area (TPSA) is 39.1 Å². The van der Waals surface area contributed by atoms with Crippen molar-refractivity contribution in [2.75, 3.05) is 0 Å². The number of fused-ring (bicyclic) bond motifs is 1. The van der Waals surface area contributed by atoms with Gasteiger partial charge >= 0.3 is 0 Å². The van der Waals surface area contributed by atoms with Crippen LogP contribution in [0.1, 0.15) is 29.0 Å². The highest BCUT2D eigenvalue weighted by atomic mass is 16.2. The SMILES string of the molecule is C=C(C)C(=O)n1cc(C(C)=O)c2ccccc21. The van der Waals surface area contributed by atoms with E-state index in [-0.39, 0.29) is 11.7 Å². The summed E-state index contributed by atoms with van der Waals surface area (Å²) in [7, 11) is 0. The Labute approximate surface area is 99.4 Å². The summed E-state index contributed by atoms with van der Waals surface area (Å²) in [5.74, 6) is -0.233. The van der Waals surface area contributed by atoms with Gasteiger partial charge in [0, 0.05) is 22.7 Å². The van der Waals surface area contributed by atoms with Crippen molar-refractivity contribution in [3.8, 4) is 0 Å². The van der Waals surface area contributed by atoms with Gasteiger partial charge in [0.15, 0.2) is 5.78 Å². The minimum Gasteiger partial charge on any atom is -0.294 e. The lowest BCUT2D eigenvalue weighted by Crippen LogP contribution is -2.09. The van der Waals surface area contributed by atoms with Gasteiger partial charge in [-0.05, 0) is 19.9 Å². The molecule has 1 heterocycles. The van der Waals surface area contributed by atoms with Gasteiger partial charge in [-0.25, -0.2) is 0 Å². The van der Waals surface area contributed by atoms with Crippen molar-refractivity contribution in [3.63, 3.8) is 0 Å². The first kappa shape index (κ1) is 11.3. The normalized spacial score (nSPS) is 10.5. The molecular weight excluding hydrogens is 214 g/mol. The number of hydrogen-bond acceptors (Lipinski definition) is 2. The Morgan fingerprint density at radius 3 is 2.41 bits per heavy atom. The maximum Gasteiger partial charge on any atom is 0.257 e. The zero-order valence-electron chi connectivity index (χ0n) is 9.86. The second kappa shape index (κ2) is 4.01. The molecule has 0 radical (unpaired) electrons. The zero-order valence-corrected chi connectivity index (χ0v) is 9.86. The minimum atomic E-state index is -0.186. The number of hydrogen-bond donors (Lipinski definition) is 0. The number of benzene rings is 1. The number of carbonyl (C=O) groups excluding carboxylic acids is 2. The number of aromatic nitrogens is 1. The van der Waals surface area contributed by atoms with Gasteiger partial charge in [-0.15, -0.1) is 0 Å². The molecule has 1 aromatic carbocycles. The second-order valence-electron chi connectivity index (χ2n) is 4.07. The van der Waals surface area contributed by atoms with Crippen LogP contribution in [0.3, 0.4) is 0 Å². The smallest absolute Gasteiger partial charge is 0.257 e. The average Bonchev–Trinajstić information content (AvgIpc) is 2.67. The van der Waals surface area contributed by atoms with Crippen molar-refractivity contribution < 1.29 is 9.59 Å². The lowest BCUT2D eigenvalue weighted by Gasteiger charge is -2.02. The molecule has 0 aliphatic carbocycles. The van der Waals surface area contributed by atoms with Gasteiger partial charge in [0.1, 0.15) is 0 Å². The van der Waals surface area contributed by atoms with E-state index in [9.17, 15) is 9.59 Å². The zero-order chi connectivity index (χ0) is 12.6. The lowest BCUT2D eigenvalue weighted by atomic mass is 10.1. The van der Waals surface area contributed by atoms with Crippen LogP contribution in [0.25, 0.3) is 10.9 Å². The van der Waals surface area contributed by atoms with Crippen molar-refractivity contribution >= 4 is 22.6 Å². The number of rotatable bonds is 2. The van der Waals surface area contributed by atoms with Crippen molar-refractivity contribution in [3.05, 3.63) is 48.2 Å². The monoisotopic (exact) mass is 227 g/mol. The molecule has 0 aliphatic heterocycles. The summed E-state index contributed by atoms with van der Waals surface area (Å²) in [5.41, 5.74) is 1.75. The molecule has 3 heteroatoms. The molecule has 2 rings (SSSR count). The predicted molar refractivity (Wildman–Crippen MR) is 67.4 cm³/mol. The Morgan fingerprint density at radius 2 is 1.82 bits per heavy atom. The minimum absolute atomic E-state index is 0.0468. The lowest BCUT2D eigenvalue weighted by molar-refractivity contribution is 0.0960. The van der Waals surface area contributed by atoms with Crippen LogP contribution < -0.4 is 0 Å². The van der Waals surface area contributed by atoms with Crippen molar-refractivity contribution in [1.29, 1.82) is 0 Å². The molecule has 0 fully saturated rings. The molecule has 0 saturated heterocycles. The van der Waals surface area contributed by atoms with Gasteiger partial charge in [0.2, 0.25) is 0 Å². The molecule has 0 aliphatic rings. The fourth-order valence-electron chi connectivity index (χ4n) is 1.83. The fourth-order valence-corrected chi connectivity index (χ4v) is 1.83. The molecule has 0 amide bonds. The molecule has 0 unspecified atom stereocenters. The van der Waals surface area contributed by atoms with E-state index in [1.165, 1.54) is 11.5 Å². The van der Waals surface area contributed by atoms with Gasteiger partial charge in [-0.2, -0.15) is 0 Å². The highest BCUT2D eigenvalue weighted by Gasteiger charge is 2.15. The predicted octanol–water partition coefficient (Wildman–Crippen LogP) is 3.06. The largest absolute Gasteiger partial charge is 0.294 e. The standard InChI is InChI=1S/C14H13NO2/c1-9(2)14(17)15-8-12(10(3)16)11-6-4-5-7-13(11)15/h4-8H,1H2,2-3H3. The van der Waals surface area contributed by atoms with E-state index in [1.807, 2.05) is 24.3 Å². The van der Waals surface area contributed by atoms with E-state index in [4.69, 9.17) is 0 Å². The van der Waals surface area contributed by atoms with Crippen LogP contribution in [-0.2, 0) is 0 Å². The highest BCUT2D eigenvalue weighted by molar-refractivity contribution is 6.11. The van der Waals surface area contributed by atoms with Crippen LogP contribution in [0.5, 0.6) is 0 Å². The number of para-hydroxylation sites is 1. The van der Waals surface area contributed by atoms with E-state index in [0.29, 0.717) is 11.1 Å². The third kappa shape index (κ3) is 1.80. The van der Waals surface area contributed by atoms with Crippen molar-refractivity contribution in [2.24, 2.45) is 0 Å². The summed E-state index contributed by atoms with van der Waals surface area (Å²) in [5, 5.41) is 0.801. The number of nitrogens with zero attached hydrogens (tertiary/aromatic N) is 1. The molecule has 0 spiro atoms. The fraction of sp³-hybridized carbons (Fsp3) is 0.143. The molecule has 2 aromatic rings. The van der Waals surface area contributed by atoms with Crippen LogP contribution >= 0.6 is 0 Å². The average molecular weight is 227 g/mol. The number of ketones is 1. The number of carbonyl (C=O) groups is 2. The summed E-state index contributed by atoms with van der Waals surface area (Å²) in [6, 6.07) is 7.36. The third-order valence-electron chi connectivity index (χ3n) is 2.68. The first-order valence-corrected chi connectivity index (χ1v) is 5.33. The Balaban J connectivity index is 2.77. The maximum atomic E-state index is 11.9. The molecule has 0 saturated carbocycles. The molecule has 0 atom stereocenters.